The summed E-state index contributed by atoms with van der Waals surface area (Å²) < 4.78 is 1.62. The first-order valence-corrected chi connectivity index (χ1v) is 12.1. The summed E-state index contributed by atoms with van der Waals surface area (Å²) in [6.07, 6.45) is 0.960. The number of rotatable bonds is 11. The lowest BCUT2D eigenvalue weighted by Gasteiger charge is -2.20. The molecule has 0 radical (unpaired) electrons. The van der Waals surface area contributed by atoms with Crippen molar-refractivity contribution in [3.8, 4) is 0 Å². The van der Waals surface area contributed by atoms with Gasteiger partial charge in [-0.25, -0.2) is 0 Å². The summed E-state index contributed by atoms with van der Waals surface area (Å²) in [6, 6.07) is 9.67. The highest BCUT2D eigenvalue weighted by molar-refractivity contribution is 5.98. The summed E-state index contributed by atoms with van der Waals surface area (Å²) in [6.45, 7) is 11.5. The highest BCUT2D eigenvalue weighted by Gasteiger charge is 2.26. The topological polar surface area (TPSA) is 99.6 Å². The van der Waals surface area contributed by atoms with Gasteiger partial charge in [-0.1, -0.05) is 43.7 Å². The number of hydrogen-bond donors (Lipinski definition) is 2. The molecule has 0 saturated carbocycles. The van der Waals surface area contributed by atoms with Gasteiger partial charge in [0.25, 0.3) is 11.8 Å². The van der Waals surface area contributed by atoms with Crippen molar-refractivity contribution >= 4 is 17.7 Å². The maximum Gasteiger partial charge on any atom is 0.272 e. The van der Waals surface area contributed by atoms with Crippen molar-refractivity contribution in [1.29, 1.82) is 0 Å². The van der Waals surface area contributed by atoms with Crippen LogP contribution in [0.4, 0.5) is 0 Å². The normalized spacial score (nSPS) is 13.5. The summed E-state index contributed by atoms with van der Waals surface area (Å²) in [5.41, 5.74) is 2.85. The van der Waals surface area contributed by atoms with E-state index in [-0.39, 0.29) is 36.4 Å². The van der Waals surface area contributed by atoms with Crippen LogP contribution < -0.4 is 10.6 Å². The Labute approximate surface area is 201 Å². The quantitative estimate of drug-likeness (QED) is 0.524. The van der Waals surface area contributed by atoms with Crippen LogP contribution in [-0.2, 0) is 17.9 Å². The zero-order valence-electron chi connectivity index (χ0n) is 20.5. The molecule has 0 spiro atoms. The zero-order chi connectivity index (χ0) is 24.5. The number of benzene rings is 1. The lowest BCUT2D eigenvalue weighted by Crippen LogP contribution is -2.36. The van der Waals surface area contributed by atoms with Gasteiger partial charge in [0.05, 0.1) is 0 Å². The molecule has 34 heavy (non-hydrogen) atoms. The first-order valence-electron chi connectivity index (χ1n) is 12.1. The molecule has 2 heterocycles. The molecule has 3 rings (SSSR count). The van der Waals surface area contributed by atoms with Crippen LogP contribution in [-0.4, -0.2) is 76.6 Å². The molecule has 2 N–H and O–H groups in total. The second-order valence-electron chi connectivity index (χ2n) is 8.59. The standard InChI is InChI=1S/C25H36N6O3/c1-4-29(5-2)15-12-26-23(32)10-11-27-24(33)21-17-22-25(34)30(13-7-14-31(22)28-21)18-20-9-6-8-19(3)16-20/h6,8-9,16-17H,4-5,7,10-15,18H2,1-3H3,(H,26,32)(H,27,33). The van der Waals surface area contributed by atoms with Crippen molar-refractivity contribution in [2.45, 2.75) is 46.7 Å². The van der Waals surface area contributed by atoms with Crippen LogP contribution in [0.2, 0.25) is 0 Å². The predicted octanol–water partition coefficient (Wildman–Crippen LogP) is 1.82. The Morgan fingerprint density at radius 2 is 1.88 bits per heavy atom. The molecular formula is C25H36N6O3. The molecule has 184 valence electrons. The molecule has 1 aromatic carbocycles. The van der Waals surface area contributed by atoms with Crippen molar-refractivity contribution in [2.24, 2.45) is 0 Å². The minimum Gasteiger partial charge on any atom is -0.355 e. The SMILES string of the molecule is CCN(CC)CCNC(=O)CCNC(=O)c1cc2n(n1)CCCN(Cc1cccc(C)c1)C2=O. The molecule has 0 bridgehead atoms. The highest BCUT2D eigenvalue weighted by atomic mass is 16.2. The number of hydrogen-bond acceptors (Lipinski definition) is 5. The molecule has 9 heteroatoms. The summed E-state index contributed by atoms with van der Waals surface area (Å²) in [5, 5.41) is 9.96. The number of aryl methyl sites for hydroxylation is 2. The van der Waals surface area contributed by atoms with Crippen molar-refractivity contribution in [3.63, 3.8) is 0 Å². The number of aromatic nitrogens is 2. The summed E-state index contributed by atoms with van der Waals surface area (Å²) in [4.78, 5) is 41.8. The van der Waals surface area contributed by atoms with Crippen molar-refractivity contribution in [1.82, 2.24) is 30.2 Å². The number of carbonyl (C=O) groups excluding carboxylic acids is 3. The van der Waals surface area contributed by atoms with Crippen LogP contribution in [0.15, 0.2) is 30.3 Å². The monoisotopic (exact) mass is 468 g/mol. The van der Waals surface area contributed by atoms with Gasteiger partial charge in [0.15, 0.2) is 5.69 Å². The molecule has 0 aliphatic carbocycles. The molecule has 9 nitrogen and oxygen atoms in total. The van der Waals surface area contributed by atoms with Gasteiger partial charge in [0, 0.05) is 51.8 Å². The molecule has 0 atom stereocenters. The van der Waals surface area contributed by atoms with E-state index in [1.807, 2.05) is 25.1 Å². The first kappa shape index (κ1) is 25.4. The van der Waals surface area contributed by atoms with Gasteiger partial charge in [-0.3, -0.25) is 19.1 Å². The van der Waals surface area contributed by atoms with E-state index < -0.39 is 0 Å². The average Bonchev–Trinajstić information content (AvgIpc) is 3.19. The van der Waals surface area contributed by atoms with Crippen LogP contribution in [0.1, 0.15) is 58.8 Å². The minimum absolute atomic E-state index is 0.102. The molecule has 1 aromatic heterocycles. The van der Waals surface area contributed by atoms with Gasteiger partial charge in [-0.2, -0.15) is 5.10 Å². The number of fused-ring (bicyclic) bond motifs is 1. The van der Waals surface area contributed by atoms with E-state index >= 15 is 0 Å². The average molecular weight is 469 g/mol. The van der Waals surface area contributed by atoms with Crippen LogP contribution in [0.3, 0.4) is 0 Å². The Bertz CT molecular complexity index is 998. The van der Waals surface area contributed by atoms with Gasteiger partial charge in [0.1, 0.15) is 5.69 Å². The van der Waals surface area contributed by atoms with Gasteiger partial charge in [-0.05, 0) is 32.0 Å². The molecular weight excluding hydrogens is 432 g/mol. The van der Waals surface area contributed by atoms with E-state index in [1.54, 1.807) is 15.6 Å². The first-order chi connectivity index (χ1) is 16.4. The van der Waals surface area contributed by atoms with Crippen LogP contribution in [0.25, 0.3) is 0 Å². The summed E-state index contributed by atoms with van der Waals surface area (Å²) >= 11 is 0. The Hall–Kier alpha value is -3.20. The summed E-state index contributed by atoms with van der Waals surface area (Å²) in [7, 11) is 0. The number of nitrogens with zero attached hydrogens (tertiary/aromatic N) is 4. The largest absolute Gasteiger partial charge is 0.355 e. The third kappa shape index (κ3) is 6.90. The van der Waals surface area contributed by atoms with Crippen LogP contribution in [0, 0.1) is 6.92 Å². The number of likely N-dealkylation sites (N-methyl/N-ethyl adjacent to an activating group) is 1. The van der Waals surface area contributed by atoms with Crippen LogP contribution in [0.5, 0.6) is 0 Å². The van der Waals surface area contributed by atoms with E-state index in [0.717, 1.165) is 37.2 Å². The lowest BCUT2D eigenvalue weighted by atomic mass is 10.1. The van der Waals surface area contributed by atoms with E-state index in [1.165, 1.54) is 0 Å². The maximum atomic E-state index is 13.1. The molecule has 2 aromatic rings. The Kier molecular flexibility index (Phi) is 9.21. The number of carbonyl (C=O) groups is 3. The van der Waals surface area contributed by atoms with E-state index in [2.05, 4.69) is 40.5 Å². The van der Waals surface area contributed by atoms with Crippen molar-refractivity contribution < 1.29 is 14.4 Å². The zero-order valence-corrected chi connectivity index (χ0v) is 20.5. The van der Waals surface area contributed by atoms with Gasteiger partial charge >= 0.3 is 0 Å². The molecule has 3 amide bonds. The van der Waals surface area contributed by atoms with Crippen LogP contribution >= 0.6 is 0 Å². The smallest absolute Gasteiger partial charge is 0.272 e. The fraction of sp³-hybridized carbons (Fsp3) is 0.520. The van der Waals surface area contributed by atoms with E-state index in [4.69, 9.17) is 0 Å². The fourth-order valence-electron chi connectivity index (χ4n) is 4.09. The van der Waals surface area contributed by atoms with E-state index in [0.29, 0.717) is 31.9 Å². The van der Waals surface area contributed by atoms with E-state index in [9.17, 15) is 14.4 Å². The molecule has 1 aliphatic rings. The second-order valence-corrected chi connectivity index (χ2v) is 8.59. The summed E-state index contributed by atoms with van der Waals surface area (Å²) in [5.74, 6) is -0.609. The Morgan fingerprint density at radius 3 is 2.62 bits per heavy atom. The Morgan fingerprint density at radius 1 is 1.09 bits per heavy atom. The maximum absolute atomic E-state index is 13.1. The number of amides is 3. The van der Waals surface area contributed by atoms with Gasteiger partial charge in [0.2, 0.25) is 5.91 Å². The molecule has 0 saturated heterocycles. The number of nitrogens with one attached hydrogen (secondary N) is 2. The van der Waals surface area contributed by atoms with Gasteiger partial charge in [-0.15, -0.1) is 0 Å². The molecule has 0 fully saturated rings. The minimum atomic E-state index is -0.380. The second kappa shape index (κ2) is 12.3. The predicted molar refractivity (Wildman–Crippen MR) is 131 cm³/mol. The third-order valence-electron chi connectivity index (χ3n) is 6.06. The Balaban J connectivity index is 1.51. The molecule has 0 unspecified atom stereocenters. The van der Waals surface area contributed by atoms with Gasteiger partial charge < -0.3 is 20.4 Å². The lowest BCUT2D eigenvalue weighted by molar-refractivity contribution is -0.121. The van der Waals surface area contributed by atoms with Crippen molar-refractivity contribution in [2.75, 3.05) is 39.3 Å². The van der Waals surface area contributed by atoms with Crippen molar-refractivity contribution in [3.05, 3.63) is 52.8 Å². The highest BCUT2D eigenvalue weighted by Crippen LogP contribution is 2.17. The third-order valence-corrected chi connectivity index (χ3v) is 6.06. The fourth-order valence-corrected chi connectivity index (χ4v) is 4.09. The molecule has 1 aliphatic heterocycles.